The van der Waals surface area contributed by atoms with Crippen molar-refractivity contribution in [2.45, 2.75) is 32.3 Å². The van der Waals surface area contributed by atoms with Gasteiger partial charge in [0.15, 0.2) is 0 Å². The first-order valence-corrected chi connectivity index (χ1v) is 6.57. The molecule has 1 aliphatic rings. The van der Waals surface area contributed by atoms with E-state index in [0.29, 0.717) is 12.2 Å². The Balaban J connectivity index is 2.05. The molecule has 1 unspecified atom stereocenters. The third-order valence-corrected chi connectivity index (χ3v) is 3.43. The number of carboxylic acid groups (broad SMARTS) is 1. The number of nitrogens with one attached hydrogen (secondary N) is 1. The van der Waals surface area contributed by atoms with Crippen LogP contribution in [0.5, 0.6) is 0 Å². The monoisotopic (exact) mass is 264 g/mol. The van der Waals surface area contributed by atoms with Crippen molar-refractivity contribution >= 4 is 17.3 Å². The number of carboxylic acids is 1. The zero-order valence-corrected chi connectivity index (χ0v) is 11.1. The molecule has 0 radical (unpaired) electrons. The van der Waals surface area contributed by atoms with Gasteiger partial charge in [-0.05, 0) is 43.9 Å². The third kappa shape index (κ3) is 3.38. The molecule has 1 aromatic carbocycles. The zero-order chi connectivity index (χ0) is 13.8. The van der Waals surface area contributed by atoms with Gasteiger partial charge in [0.2, 0.25) is 0 Å². The Hall–Kier alpha value is -1.75. The Morgan fingerprint density at radius 2 is 2.32 bits per heavy atom. The molecule has 0 aromatic heterocycles. The first kappa shape index (κ1) is 13.7. The summed E-state index contributed by atoms with van der Waals surface area (Å²) in [6.07, 6.45) is 3.57. The number of hydrogen-bond donors (Lipinski definition) is 3. The van der Waals surface area contributed by atoms with E-state index in [4.69, 9.17) is 15.6 Å². The predicted octanol–water partition coefficient (Wildman–Crippen LogP) is 2.26. The maximum Gasteiger partial charge on any atom is 0.337 e. The van der Waals surface area contributed by atoms with Crippen LogP contribution in [-0.4, -0.2) is 30.3 Å². The molecule has 1 atom stereocenters. The Morgan fingerprint density at radius 1 is 1.53 bits per heavy atom. The highest BCUT2D eigenvalue weighted by atomic mass is 16.5. The molecule has 5 nitrogen and oxygen atoms in total. The standard InChI is InChI=1S/C14H20N2O3/c1-9-6-10(7-12(13(9)15)14(17)18)16-8-11-4-2-3-5-19-11/h6-7,11,16H,2-5,8,15H2,1H3,(H,17,18). The Kier molecular flexibility index (Phi) is 4.27. The zero-order valence-electron chi connectivity index (χ0n) is 11.1. The van der Waals surface area contributed by atoms with Crippen molar-refractivity contribution < 1.29 is 14.6 Å². The van der Waals surface area contributed by atoms with E-state index < -0.39 is 5.97 Å². The molecular weight excluding hydrogens is 244 g/mol. The lowest BCUT2D eigenvalue weighted by Gasteiger charge is -2.23. The van der Waals surface area contributed by atoms with Crippen LogP contribution in [0.2, 0.25) is 0 Å². The molecule has 19 heavy (non-hydrogen) atoms. The summed E-state index contributed by atoms with van der Waals surface area (Å²) in [4.78, 5) is 11.1. The summed E-state index contributed by atoms with van der Waals surface area (Å²) in [6, 6.07) is 3.44. The van der Waals surface area contributed by atoms with Crippen molar-refractivity contribution in [3.05, 3.63) is 23.3 Å². The fraction of sp³-hybridized carbons (Fsp3) is 0.500. The summed E-state index contributed by atoms with van der Waals surface area (Å²) in [5.41, 5.74) is 7.78. The molecule has 5 heteroatoms. The minimum Gasteiger partial charge on any atom is -0.478 e. The summed E-state index contributed by atoms with van der Waals surface area (Å²) in [7, 11) is 0. The van der Waals surface area contributed by atoms with Crippen molar-refractivity contribution in [3.8, 4) is 0 Å². The number of nitrogens with two attached hydrogens (primary N) is 1. The van der Waals surface area contributed by atoms with Crippen LogP contribution in [-0.2, 0) is 4.74 Å². The minimum atomic E-state index is -1.00. The molecule has 1 heterocycles. The second-order valence-corrected chi connectivity index (χ2v) is 4.93. The van der Waals surface area contributed by atoms with Crippen molar-refractivity contribution in [1.82, 2.24) is 0 Å². The maximum absolute atomic E-state index is 11.1. The van der Waals surface area contributed by atoms with E-state index in [1.807, 2.05) is 13.0 Å². The van der Waals surface area contributed by atoms with Gasteiger partial charge in [0.25, 0.3) is 0 Å². The normalized spacial score (nSPS) is 19.1. The van der Waals surface area contributed by atoms with Crippen LogP contribution in [0.4, 0.5) is 11.4 Å². The third-order valence-electron chi connectivity index (χ3n) is 3.43. The Morgan fingerprint density at radius 3 is 2.95 bits per heavy atom. The van der Waals surface area contributed by atoms with Crippen LogP contribution in [0.3, 0.4) is 0 Å². The lowest BCUT2D eigenvalue weighted by Crippen LogP contribution is -2.27. The average molecular weight is 264 g/mol. The quantitative estimate of drug-likeness (QED) is 0.726. The summed E-state index contributed by atoms with van der Waals surface area (Å²) in [5.74, 6) is -1.00. The molecule has 0 bridgehead atoms. The summed E-state index contributed by atoms with van der Waals surface area (Å²) in [6.45, 7) is 3.32. The van der Waals surface area contributed by atoms with Crippen LogP contribution in [0, 0.1) is 6.92 Å². The lowest BCUT2D eigenvalue weighted by molar-refractivity contribution is 0.0247. The topological polar surface area (TPSA) is 84.6 Å². The van der Waals surface area contributed by atoms with E-state index in [0.717, 1.165) is 30.7 Å². The van der Waals surface area contributed by atoms with Gasteiger partial charge in [0.1, 0.15) is 0 Å². The van der Waals surface area contributed by atoms with E-state index in [9.17, 15) is 4.79 Å². The second-order valence-electron chi connectivity index (χ2n) is 4.93. The van der Waals surface area contributed by atoms with Crippen LogP contribution < -0.4 is 11.1 Å². The van der Waals surface area contributed by atoms with Crippen molar-refractivity contribution in [2.75, 3.05) is 24.2 Å². The largest absolute Gasteiger partial charge is 0.478 e. The van der Waals surface area contributed by atoms with Crippen molar-refractivity contribution in [1.29, 1.82) is 0 Å². The molecule has 4 N–H and O–H groups in total. The molecule has 1 fully saturated rings. The number of anilines is 2. The van der Waals surface area contributed by atoms with Crippen molar-refractivity contribution in [3.63, 3.8) is 0 Å². The Bertz CT molecular complexity index is 468. The highest BCUT2D eigenvalue weighted by molar-refractivity contribution is 5.95. The van der Waals surface area contributed by atoms with Gasteiger partial charge in [0, 0.05) is 24.5 Å². The highest BCUT2D eigenvalue weighted by Crippen LogP contribution is 2.23. The number of ether oxygens (including phenoxy) is 1. The number of aromatic carboxylic acids is 1. The highest BCUT2D eigenvalue weighted by Gasteiger charge is 2.15. The molecule has 1 saturated heterocycles. The number of nitrogen functional groups attached to an aromatic ring is 1. The van der Waals surface area contributed by atoms with Gasteiger partial charge in [-0.1, -0.05) is 0 Å². The van der Waals surface area contributed by atoms with Gasteiger partial charge in [-0.2, -0.15) is 0 Å². The molecule has 1 aliphatic heterocycles. The van der Waals surface area contributed by atoms with Crippen LogP contribution >= 0.6 is 0 Å². The van der Waals surface area contributed by atoms with Gasteiger partial charge in [-0.25, -0.2) is 4.79 Å². The van der Waals surface area contributed by atoms with Gasteiger partial charge in [0.05, 0.1) is 11.7 Å². The molecular formula is C14H20N2O3. The molecule has 0 amide bonds. The molecule has 1 aromatic rings. The summed E-state index contributed by atoms with van der Waals surface area (Å²) < 4.78 is 5.63. The molecule has 0 spiro atoms. The second kappa shape index (κ2) is 5.93. The van der Waals surface area contributed by atoms with E-state index >= 15 is 0 Å². The molecule has 104 valence electrons. The maximum atomic E-state index is 11.1. The van der Waals surface area contributed by atoms with E-state index in [-0.39, 0.29) is 11.7 Å². The van der Waals surface area contributed by atoms with Crippen LogP contribution in [0.1, 0.15) is 35.2 Å². The van der Waals surface area contributed by atoms with Gasteiger partial charge >= 0.3 is 5.97 Å². The average Bonchev–Trinajstić information content (AvgIpc) is 2.41. The SMILES string of the molecule is Cc1cc(NCC2CCCCO2)cc(C(=O)O)c1N. The number of benzene rings is 1. The first-order valence-electron chi connectivity index (χ1n) is 6.57. The minimum absolute atomic E-state index is 0.145. The fourth-order valence-electron chi connectivity index (χ4n) is 2.28. The number of carbonyl (C=O) groups is 1. The first-order chi connectivity index (χ1) is 9.08. The van der Waals surface area contributed by atoms with E-state index in [2.05, 4.69) is 5.32 Å². The smallest absolute Gasteiger partial charge is 0.337 e. The van der Waals surface area contributed by atoms with Gasteiger partial charge < -0.3 is 20.9 Å². The van der Waals surface area contributed by atoms with Gasteiger partial charge in [-0.15, -0.1) is 0 Å². The van der Waals surface area contributed by atoms with E-state index in [1.54, 1.807) is 6.07 Å². The number of rotatable bonds is 4. The van der Waals surface area contributed by atoms with Crippen LogP contribution in [0.15, 0.2) is 12.1 Å². The molecule has 0 saturated carbocycles. The number of hydrogen-bond acceptors (Lipinski definition) is 4. The lowest BCUT2D eigenvalue weighted by atomic mass is 10.1. The fourth-order valence-corrected chi connectivity index (χ4v) is 2.28. The van der Waals surface area contributed by atoms with Gasteiger partial charge in [-0.3, -0.25) is 0 Å². The van der Waals surface area contributed by atoms with Crippen molar-refractivity contribution in [2.24, 2.45) is 0 Å². The molecule has 2 rings (SSSR count). The Labute approximate surface area is 112 Å². The summed E-state index contributed by atoms with van der Waals surface area (Å²) >= 11 is 0. The predicted molar refractivity (Wildman–Crippen MR) is 74.6 cm³/mol. The van der Waals surface area contributed by atoms with Crippen LogP contribution in [0.25, 0.3) is 0 Å². The number of aryl methyl sites for hydroxylation is 1. The van der Waals surface area contributed by atoms with E-state index in [1.165, 1.54) is 6.42 Å². The summed E-state index contributed by atoms with van der Waals surface area (Å²) in [5, 5.41) is 12.3. The molecule has 0 aliphatic carbocycles.